The van der Waals surface area contributed by atoms with Crippen molar-refractivity contribution in [3.05, 3.63) is 91.2 Å². The highest BCUT2D eigenvalue weighted by Gasteiger charge is 2.38. The van der Waals surface area contributed by atoms with Crippen LogP contribution in [0.25, 0.3) is 0 Å². The molecule has 2 atom stereocenters. The molecular formula is C19H18N4O6. The van der Waals surface area contributed by atoms with Gasteiger partial charge in [-0.1, -0.05) is 36.4 Å². The summed E-state index contributed by atoms with van der Waals surface area (Å²) in [5, 5.41) is 26.1. The Labute approximate surface area is 165 Å². The lowest BCUT2D eigenvalue weighted by molar-refractivity contribution is -0.386. The molecule has 29 heavy (non-hydrogen) atoms. The van der Waals surface area contributed by atoms with E-state index in [-0.39, 0.29) is 34.6 Å². The van der Waals surface area contributed by atoms with Gasteiger partial charge in [0.25, 0.3) is 11.4 Å². The van der Waals surface area contributed by atoms with E-state index >= 15 is 0 Å². The largest absolute Gasteiger partial charge is 0.466 e. The number of hydrogen-bond donors (Lipinski definition) is 2. The van der Waals surface area contributed by atoms with Crippen molar-refractivity contribution in [2.24, 2.45) is 5.73 Å². The molecule has 10 heteroatoms. The second-order valence-corrected chi connectivity index (χ2v) is 6.42. The molecule has 1 aliphatic rings. The predicted octanol–water partition coefficient (Wildman–Crippen LogP) is 2.66. The van der Waals surface area contributed by atoms with E-state index < -0.39 is 27.9 Å². The van der Waals surface area contributed by atoms with E-state index in [0.29, 0.717) is 5.56 Å². The number of hydrogen-bond acceptors (Lipinski definition) is 8. The van der Waals surface area contributed by atoms with Crippen LogP contribution in [0.3, 0.4) is 0 Å². The maximum Gasteiger partial charge on any atom is 0.337 e. The van der Waals surface area contributed by atoms with E-state index in [1.54, 1.807) is 24.3 Å². The van der Waals surface area contributed by atoms with Crippen molar-refractivity contribution in [3.63, 3.8) is 0 Å². The van der Waals surface area contributed by atoms with Gasteiger partial charge in [-0.15, -0.1) is 0 Å². The summed E-state index contributed by atoms with van der Waals surface area (Å²) in [5.41, 5.74) is 6.63. The number of nitrogens with two attached hydrogens (primary N) is 1. The number of carbonyl (C=O) groups excluding carboxylic acids is 1. The zero-order valence-electron chi connectivity index (χ0n) is 15.4. The minimum absolute atomic E-state index is 0.0524. The van der Waals surface area contributed by atoms with Crippen molar-refractivity contribution >= 4 is 17.3 Å². The lowest BCUT2D eigenvalue weighted by Gasteiger charge is -2.33. The second kappa shape index (κ2) is 8.07. The van der Waals surface area contributed by atoms with Gasteiger partial charge in [0.15, 0.2) is 0 Å². The molecule has 3 N–H and O–H groups in total. The molecule has 2 aromatic carbocycles. The maximum atomic E-state index is 12.4. The van der Waals surface area contributed by atoms with Crippen LogP contribution >= 0.6 is 0 Å². The second-order valence-electron chi connectivity index (χ2n) is 6.42. The molecule has 0 aromatic heterocycles. The summed E-state index contributed by atoms with van der Waals surface area (Å²) in [6.45, 7) is 0. The summed E-state index contributed by atoms with van der Waals surface area (Å²) in [4.78, 5) is 34.3. The average molecular weight is 398 g/mol. The first-order valence-electron chi connectivity index (χ1n) is 8.64. The third-order valence-corrected chi connectivity index (χ3v) is 4.79. The van der Waals surface area contributed by atoms with E-state index in [1.807, 2.05) is 0 Å². The topological polar surface area (TPSA) is 151 Å². The number of ether oxygens (including phenoxy) is 1. The standard InChI is InChI=1S/C19H18N4O6/c1-29-19(24)17-13(20)10-14(11-6-2-4-8-15(11)22(25)26)21-18(17)12-7-3-5-9-16(12)23(27)28/h2-9,14,18,21H,10,20H2,1H3. The minimum atomic E-state index is -0.970. The molecule has 0 bridgehead atoms. The molecule has 2 unspecified atom stereocenters. The van der Waals surface area contributed by atoms with Gasteiger partial charge in [0.1, 0.15) is 0 Å². The summed E-state index contributed by atoms with van der Waals surface area (Å²) in [7, 11) is 1.19. The molecule has 0 spiro atoms. The van der Waals surface area contributed by atoms with Crippen molar-refractivity contribution in [2.75, 3.05) is 7.11 Å². The molecule has 0 amide bonds. The van der Waals surface area contributed by atoms with Gasteiger partial charge in [-0.2, -0.15) is 0 Å². The molecular weight excluding hydrogens is 380 g/mol. The zero-order chi connectivity index (χ0) is 21.1. The van der Waals surface area contributed by atoms with Crippen LogP contribution in [-0.4, -0.2) is 22.9 Å². The lowest BCUT2D eigenvalue weighted by Crippen LogP contribution is -2.38. The Hall–Kier alpha value is -3.79. The molecule has 0 fully saturated rings. The van der Waals surface area contributed by atoms with Crippen LogP contribution in [0.4, 0.5) is 11.4 Å². The van der Waals surface area contributed by atoms with E-state index in [0.717, 1.165) is 0 Å². The van der Waals surface area contributed by atoms with Crippen molar-refractivity contribution in [1.29, 1.82) is 0 Å². The molecule has 1 heterocycles. The van der Waals surface area contributed by atoms with Gasteiger partial charge < -0.3 is 10.5 Å². The van der Waals surface area contributed by atoms with Crippen molar-refractivity contribution in [3.8, 4) is 0 Å². The number of nitrogens with one attached hydrogen (secondary N) is 1. The molecule has 2 aromatic rings. The Morgan fingerprint density at radius 3 is 2.10 bits per heavy atom. The number of nitro groups is 2. The van der Waals surface area contributed by atoms with Crippen LogP contribution in [0.15, 0.2) is 59.8 Å². The van der Waals surface area contributed by atoms with Crippen molar-refractivity contribution in [2.45, 2.75) is 18.5 Å². The molecule has 0 aliphatic carbocycles. The number of carbonyl (C=O) groups is 1. The number of rotatable bonds is 5. The van der Waals surface area contributed by atoms with Crippen molar-refractivity contribution in [1.82, 2.24) is 5.32 Å². The molecule has 3 rings (SSSR count). The van der Waals surface area contributed by atoms with Crippen LogP contribution in [-0.2, 0) is 9.53 Å². The number of esters is 1. The lowest BCUT2D eigenvalue weighted by atomic mass is 9.86. The summed E-state index contributed by atoms with van der Waals surface area (Å²) in [5.74, 6) is -0.723. The summed E-state index contributed by atoms with van der Waals surface area (Å²) >= 11 is 0. The summed E-state index contributed by atoms with van der Waals surface area (Å²) < 4.78 is 4.82. The van der Waals surface area contributed by atoms with Crippen LogP contribution in [0.1, 0.15) is 29.6 Å². The smallest absolute Gasteiger partial charge is 0.337 e. The Morgan fingerprint density at radius 1 is 1.03 bits per heavy atom. The molecule has 0 saturated carbocycles. The molecule has 1 aliphatic heterocycles. The Morgan fingerprint density at radius 2 is 1.55 bits per heavy atom. The van der Waals surface area contributed by atoms with E-state index in [2.05, 4.69) is 5.32 Å². The number of methoxy groups -OCH3 is 1. The highest BCUT2D eigenvalue weighted by Crippen LogP contribution is 2.40. The fourth-order valence-corrected chi connectivity index (χ4v) is 3.51. The molecule has 0 radical (unpaired) electrons. The first-order valence-corrected chi connectivity index (χ1v) is 8.64. The predicted molar refractivity (Wildman–Crippen MR) is 103 cm³/mol. The monoisotopic (exact) mass is 398 g/mol. The van der Waals surface area contributed by atoms with Gasteiger partial charge in [0.2, 0.25) is 0 Å². The highest BCUT2D eigenvalue weighted by molar-refractivity contribution is 5.91. The summed E-state index contributed by atoms with van der Waals surface area (Å²) in [6, 6.07) is 10.5. The van der Waals surface area contributed by atoms with E-state index in [9.17, 15) is 25.0 Å². The molecule has 10 nitrogen and oxygen atoms in total. The van der Waals surface area contributed by atoms with E-state index in [1.165, 1.54) is 31.4 Å². The van der Waals surface area contributed by atoms with Gasteiger partial charge in [-0.25, -0.2) is 4.79 Å². The maximum absolute atomic E-state index is 12.4. The first-order chi connectivity index (χ1) is 13.8. The first kappa shape index (κ1) is 20.0. The van der Waals surface area contributed by atoms with Crippen LogP contribution in [0.2, 0.25) is 0 Å². The van der Waals surface area contributed by atoms with Gasteiger partial charge in [-0.05, 0) is 0 Å². The van der Waals surface area contributed by atoms with Crippen LogP contribution in [0.5, 0.6) is 0 Å². The number of benzene rings is 2. The zero-order valence-corrected chi connectivity index (χ0v) is 15.4. The molecule has 150 valence electrons. The highest BCUT2D eigenvalue weighted by atomic mass is 16.6. The third kappa shape index (κ3) is 3.78. The number of nitro benzene ring substituents is 2. The SMILES string of the molecule is COC(=O)C1=C(N)CC(c2ccccc2[N+](=O)[O-])NC1c1ccccc1[N+](=O)[O-]. The van der Waals surface area contributed by atoms with Crippen LogP contribution in [0, 0.1) is 20.2 Å². The fraction of sp³-hybridized carbons (Fsp3) is 0.211. The fourth-order valence-electron chi connectivity index (χ4n) is 3.51. The van der Waals surface area contributed by atoms with E-state index in [4.69, 9.17) is 10.5 Å². The third-order valence-electron chi connectivity index (χ3n) is 4.79. The number of nitrogens with zero attached hydrogens (tertiary/aromatic N) is 2. The van der Waals surface area contributed by atoms with Gasteiger partial charge >= 0.3 is 5.97 Å². The summed E-state index contributed by atoms with van der Waals surface area (Å²) in [6.07, 6.45) is 0.104. The van der Waals surface area contributed by atoms with Crippen LogP contribution < -0.4 is 11.1 Å². The molecule has 0 saturated heterocycles. The van der Waals surface area contributed by atoms with Crippen molar-refractivity contribution < 1.29 is 19.4 Å². The van der Waals surface area contributed by atoms with Gasteiger partial charge in [0, 0.05) is 35.9 Å². The minimum Gasteiger partial charge on any atom is -0.466 e. The number of para-hydroxylation sites is 2. The Balaban J connectivity index is 2.16. The quantitative estimate of drug-likeness (QED) is 0.443. The Kier molecular flexibility index (Phi) is 5.55. The normalized spacial score (nSPS) is 18.9. The average Bonchev–Trinajstić information content (AvgIpc) is 2.72. The van der Waals surface area contributed by atoms with Gasteiger partial charge in [0.05, 0.1) is 34.1 Å². The van der Waals surface area contributed by atoms with Gasteiger partial charge in [-0.3, -0.25) is 25.5 Å². The Bertz CT molecular complexity index is 1020.